The van der Waals surface area contributed by atoms with Crippen molar-refractivity contribution in [3.8, 4) is 0 Å². The van der Waals surface area contributed by atoms with Crippen molar-refractivity contribution in [3.05, 3.63) is 48.5 Å². The molecule has 0 saturated carbocycles. The molecule has 0 unspecified atom stereocenters. The molecule has 5 heteroatoms. The number of rotatable bonds is 3. The number of H-pyrrole nitrogens is 1. The smallest absolute Gasteiger partial charge is 0.127 e. The number of nitrogens with zero attached hydrogens (tertiary/aromatic N) is 2. The number of fused-ring (bicyclic) bond motifs is 1. The molecule has 2 heterocycles. The zero-order chi connectivity index (χ0) is 12.4. The minimum atomic E-state index is 0.625. The van der Waals surface area contributed by atoms with Gasteiger partial charge in [-0.05, 0) is 30.3 Å². The lowest BCUT2D eigenvalue weighted by Crippen LogP contribution is -2.02. The van der Waals surface area contributed by atoms with E-state index in [1.807, 2.05) is 30.3 Å². The molecule has 3 rings (SSSR count). The Morgan fingerprint density at radius 3 is 3.00 bits per heavy atom. The monoisotopic (exact) mass is 239 g/mol. The maximum atomic E-state index is 5.73. The number of anilines is 2. The summed E-state index contributed by atoms with van der Waals surface area (Å²) in [5.41, 5.74) is 7.40. The number of hydrogen-bond donors (Lipinski definition) is 3. The highest BCUT2D eigenvalue weighted by molar-refractivity contribution is 5.83. The molecule has 0 aliphatic rings. The Morgan fingerprint density at radius 2 is 2.17 bits per heavy atom. The van der Waals surface area contributed by atoms with Gasteiger partial charge in [0.05, 0.1) is 12.1 Å². The van der Waals surface area contributed by atoms with E-state index in [2.05, 4.69) is 20.3 Å². The number of nitrogens with two attached hydrogens (primary N) is 1. The summed E-state index contributed by atoms with van der Waals surface area (Å²) in [4.78, 5) is 11.7. The zero-order valence-electron chi connectivity index (χ0n) is 9.72. The van der Waals surface area contributed by atoms with Crippen LogP contribution in [0.2, 0.25) is 0 Å². The second-order valence-electron chi connectivity index (χ2n) is 4.04. The number of aromatic amines is 1. The molecule has 90 valence electrons. The Kier molecular flexibility index (Phi) is 2.57. The minimum absolute atomic E-state index is 0.625. The van der Waals surface area contributed by atoms with Crippen LogP contribution in [-0.2, 0) is 6.54 Å². The summed E-state index contributed by atoms with van der Waals surface area (Å²) in [5, 5.41) is 4.26. The van der Waals surface area contributed by atoms with Crippen LogP contribution >= 0.6 is 0 Å². The quantitative estimate of drug-likeness (QED) is 0.612. The van der Waals surface area contributed by atoms with E-state index in [-0.39, 0.29) is 0 Å². The zero-order valence-corrected chi connectivity index (χ0v) is 9.72. The Bertz CT molecular complexity index is 660. The molecule has 0 atom stereocenters. The third-order valence-corrected chi connectivity index (χ3v) is 2.71. The van der Waals surface area contributed by atoms with Crippen molar-refractivity contribution < 1.29 is 0 Å². The topological polar surface area (TPSA) is 79.6 Å². The highest BCUT2D eigenvalue weighted by Crippen LogP contribution is 2.18. The summed E-state index contributed by atoms with van der Waals surface area (Å²) in [7, 11) is 0. The third kappa shape index (κ3) is 2.10. The van der Waals surface area contributed by atoms with Crippen molar-refractivity contribution in [2.75, 3.05) is 11.1 Å². The number of nitrogen functional groups attached to an aromatic ring is 1. The molecular formula is C13H13N5. The molecule has 3 aromatic rings. The minimum Gasteiger partial charge on any atom is -0.399 e. The molecule has 0 spiro atoms. The van der Waals surface area contributed by atoms with Crippen LogP contribution in [-0.4, -0.2) is 15.0 Å². The fraction of sp³-hybridized carbons (Fsp3) is 0.0769. The molecule has 0 amide bonds. The average Bonchev–Trinajstić information content (AvgIpc) is 2.89. The molecule has 4 N–H and O–H groups in total. The number of aromatic nitrogens is 3. The van der Waals surface area contributed by atoms with Crippen LogP contribution in [0.1, 0.15) is 5.82 Å². The number of benzene rings is 1. The van der Waals surface area contributed by atoms with E-state index < -0.39 is 0 Å². The molecule has 0 radical (unpaired) electrons. The normalized spacial score (nSPS) is 10.7. The Balaban J connectivity index is 1.82. The summed E-state index contributed by atoms with van der Waals surface area (Å²) < 4.78 is 0. The first kappa shape index (κ1) is 10.6. The van der Waals surface area contributed by atoms with E-state index >= 15 is 0 Å². The second kappa shape index (κ2) is 4.37. The van der Waals surface area contributed by atoms with E-state index in [4.69, 9.17) is 5.73 Å². The summed E-state index contributed by atoms with van der Waals surface area (Å²) in [5.74, 6) is 1.71. The van der Waals surface area contributed by atoms with Crippen molar-refractivity contribution in [2.24, 2.45) is 0 Å². The first-order valence-corrected chi connectivity index (χ1v) is 5.70. The predicted octanol–water partition coefficient (Wildman–Crippen LogP) is 2.15. The summed E-state index contributed by atoms with van der Waals surface area (Å²) in [6.07, 6.45) is 3.53. The number of nitrogens with one attached hydrogen (secondary N) is 2. The van der Waals surface area contributed by atoms with Crippen LogP contribution in [0.3, 0.4) is 0 Å². The first-order valence-electron chi connectivity index (χ1n) is 5.70. The van der Waals surface area contributed by atoms with Gasteiger partial charge in [0.15, 0.2) is 0 Å². The summed E-state index contributed by atoms with van der Waals surface area (Å²) >= 11 is 0. The van der Waals surface area contributed by atoms with Gasteiger partial charge in [0, 0.05) is 23.5 Å². The molecule has 2 aromatic heterocycles. The van der Waals surface area contributed by atoms with Crippen molar-refractivity contribution in [2.45, 2.75) is 6.54 Å². The van der Waals surface area contributed by atoms with Crippen LogP contribution in [0.15, 0.2) is 42.7 Å². The van der Waals surface area contributed by atoms with Crippen molar-refractivity contribution in [3.63, 3.8) is 0 Å². The van der Waals surface area contributed by atoms with Gasteiger partial charge in [-0.2, -0.15) is 0 Å². The molecule has 5 nitrogen and oxygen atoms in total. The van der Waals surface area contributed by atoms with Gasteiger partial charge in [-0.15, -0.1) is 0 Å². The lowest BCUT2D eigenvalue weighted by Gasteiger charge is -2.05. The average molecular weight is 239 g/mol. The maximum Gasteiger partial charge on any atom is 0.127 e. The number of pyridine rings is 1. The van der Waals surface area contributed by atoms with Crippen LogP contribution < -0.4 is 11.1 Å². The van der Waals surface area contributed by atoms with Crippen LogP contribution in [0.25, 0.3) is 10.9 Å². The highest BCUT2D eigenvalue weighted by atomic mass is 15.0. The standard InChI is InChI=1S/C13H13N5/c14-10-2-3-11-9(7-10)1-4-12(18-11)17-8-13-15-5-6-16-13/h1-7H,8,14H2,(H,15,16)(H,17,18). The summed E-state index contributed by atoms with van der Waals surface area (Å²) in [6, 6.07) is 9.63. The van der Waals surface area contributed by atoms with E-state index in [0.29, 0.717) is 6.54 Å². The fourth-order valence-corrected chi connectivity index (χ4v) is 1.81. The molecule has 0 bridgehead atoms. The van der Waals surface area contributed by atoms with Crippen LogP contribution in [0.4, 0.5) is 11.5 Å². The van der Waals surface area contributed by atoms with Crippen molar-refractivity contribution >= 4 is 22.4 Å². The van der Waals surface area contributed by atoms with Crippen molar-refractivity contribution in [1.29, 1.82) is 0 Å². The fourth-order valence-electron chi connectivity index (χ4n) is 1.81. The Morgan fingerprint density at radius 1 is 1.22 bits per heavy atom. The van der Waals surface area contributed by atoms with Gasteiger partial charge in [0.2, 0.25) is 0 Å². The van der Waals surface area contributed by atoms with Gasteiger partial charge < -0.3 is 16.0 Å². The first-order chi connectivity index (χ1) is 8.81. The van der Waals surface area contributed by atoms with Crippen molar-refractivity contribution in [1.82, 2.24) is 15.0 Å². The van der Waals surface area contributed by atoms with Gasteiger partial charge in [-0.25, -0.2) is 9.97 Å². The van der Waals surface area contributed by atoms with E-state index in [1.165, 1.54) is 0 Å². The van der Waals surface area contributed by atoms with Gasteiger partial charge in [0.25, 0.3) is 0 Å². The Labute approximate surface area is 104 Å². The molecule has 1 aromatic carbocycles. The van der Waals surface area contributed by atoms with Gasteiger partial charge in [-0.1, -0.05) is 0 Å². The van der Waals surface area contributed by atoms with Gasteiger partial charge >= 0.3 is 0 Å². The van der Waals surface area contributed by atoms with E-state index in [0.717, 1.165) is 28.2 Å². The number of hydrogen-bond acceptors (Lipinski definition) is 4. The molecular weight excluding hydrogens is 226 g/mol. The lowest BCUT2D eigenvalue weighted by molar-refractivity contribution is 0.991. The molecule has 0 aliphatic carbocycles. The highest BCUT2D eigenvalue weighted by Gasteiger charge is 2.00. The SMILES string of the molecule is Nc1ccc2nc(NCc3ncc[nH]3)ccc2c1. The molecule has 0 fully saturated rings. The van der Waals surface area contributed by atoms with Gasteiger partial charge in [-0.3, -0.25) is 0 Å². The second-order valence-corrected chi connectivity index (χ2v) is 4.04. The van der Waals surface area contributed by atoms with Gasteiger partial charge in [0.1, 0.15) is 11.6 Å². The van der Waals surface area contributed by atoms with E-state index in [9.17, 15) is 0 Å². The largest absolute Gasteiger partial charge is 0.399 e. The third-order valence-electron chi connectivity index (χ3n) is 2.71. The summed E-state index contributed by atoms with van der Waals surface area (Å²) in [6.45, 7) is 0.625. The van der Waals surface area contributed by atoms with Crippen LogP contribution in [0, 0.1) is 0 Å². The molecule has 18 heavy (non-hydrogen) atoms. The Hall–Kier alpha value is -2.56. The molecule has 0 aliphatic heterocycles. The maximum absolute atomic E-state index is 5.73. The number of imidazole rings is 1. The lowest BCUT2D eigenvalue weighted by atomic mass is 10.2. The van der Waals surface area contributed by atoms with E-state index in [1.54, 1.807) is 12.4 Å². The van der Waals surface area contributed by atoms with Crippen LogP contribution in [0.5, 0.6) is 0 Å². The molecule has 0 saturated heterocycles. The predicted molar refractivity (Wildman–Crippen MR) is 72.1 cm³/mol.